The third-order valence-corrected chi connectivity index (χ3v) is 4.86. The number of rotatable bonds is 5. The second-order valence-corrected chi connectivity index (χ2v) is 6.60. The lowest BCUT2D eigenvalue weighted by Gasteiger charge is -2.19. The van der Waals surface area contributed by atoms with Crippen LogP contribution in [0.1, 0.15) is 23.0 Å². The van der Waals surface area contributed by atoms with E-state index >= 15 is 0 Å². The Morgan fingerprint density at radius 2 is 2.16 bits per heavy atom. The fraction of sp³-hybridized carbons (Fsp3) is 0.294. The molecule has 0 aromatic carbocycles. The zero-order valence-corrected chi connectivity index (χ0v) is 15.0. The van der Waals surface area contributed by atoms with Crippen LogP contribution in [-0.4, -0.2) is 49.7 Å². The van der Waals surface area contributed by atoms with E-state index in [9.17, 15) is 9.59 Å². The van der Waals surface area contributed by atoms with Crippen LogP contribution in [0.25, 0.3) is 21.6 Å². The van der Waals surface area contributed by atoms with Crippen molar-refractivity contribution in [3.8, 4) is 10.6 Å². The van der Waals surface area contributed by atoms with Crippen LogP contribution in [0, 0.1) is 6.92 Å². The number of carboxylic acids is 1. The van der Waals surface area contributed by atoms with Gasteiger partial charge in [-0.15, -0.1) is 11.3 Å². The molecule has 0 saturated carbocycles. The van der Waals surface area contributed by atoms with Crippen LogP contribution in [0.15, 0.2) is 23.6 Å². The maximum absolute atomic E-state index is 13.0. The molecule has 130 valence electrons. The van der Waals surface area contributed by atoms with Gasteiger partial charge in [-0.2, -0.15) is 5.10 Å². The molecule has 0 spiro atoms. The molecular weight excluding hydrogens is 340 g/mol. The largest absolute Gasteiger partial charge is 0.480 e. The number of aromatic nitrogens is 3. The maximum Gasteiger partial charge on any atom is 0.323 e. The third-order valence-electron chi connectivity index (χ3n) is 3.97. The van der Waals surface area contributed by atoms with Crippen molar-refractivity contribution < 1.29 is 14.7 Å². The minimum atomic E-state index is -1.04. The van der Waals surface area contributed by atoms with Crippen LogP contribution in [0.3, 0.4) is 0 Å². The quantitative estimate of drug-likeness (QED) is 0.757. The first-order valence-electron chi connectivity index (χ1n) is 7.81. The van der Waals surface area contributed by atoms with E-state index in [-0.39, 0.29) is 12.5 Å². The van der Waals surface area contributed by atoms with Gasteiger partial charge < -0.3 is 10.0 Å². The molecule has 1 N–H and O–H groups in total. The molecule has 0 atom stereocenters. The summed E-state index contributed by atoms with van der Waals surface area (Å²) < 4.78 is 1.64. The van der Waals surface area contributed by atoms with E-state index < -0.39 is 5.97 Å². The summed E-state index contributed by atoms with van der Waals surface area (Å²) >= 11 is 1.53. The van der Waals surface area contributed by atoms with Gasteiger partial charge in [0.25, 0.3) is 5.91 Å². The summed E-state index contributed by atoms with van der Waals surface area (Å²) in [5.41, 5.74) is 2.41. The van der Waals surface area contributed by atoms with Gasteiger partial charge in [-0.25, -0.2) is 4.98 Å². The van der Waals surface area contributed by atoms with Crippen molar-refractivity contribution in [2.24, 2.45) is 7.05 Å². The van der Waals surface area contributed by atoms with Crippen LogP contribution in [0.4, 0.5) is 0 Å². The van der Waals surface area contributed by atoms with E-state index in [0.717, 1.165) is 4.88 Å². The number of amides is 1. The predicted molar refractivity (Wildman–Crippen MR) is 95.8 cm³/mol. The molecule has 0 fully saturated rings. The summed E-state index contributed by atoms with van der Waals surface area (Å²) in [4.78, 5) is 31.0. The summed E-state index contributed by atoms with van der Waals surface area (Å²) in [6.45, 7) is 3.55. The fourth-order valence-corrected chi connectivity index (χ4v) is 3.51. The SMILES string of the molecule is CCN(CC(=O)O)C(=O)c1cc(-c2cccs2)nc2c1c(C)nn2C. The van der Waals surface area contributed by atoms with E-state index in [1.54, 1.807) is 24.7 Å². The molecule has 8 heteroatoms. The minimum absolute atomic E-state index is 0.308. The van der Waals surface area contributed by atoms with Gasteiger partial charge in [0.15, 0.2) is 5.65 Å². The number of aryl methyl sites for hydroxylation is 2. The lowest BCUT2D eigenvalue weighted by molar-refractivity contribution is -0.137. The highest BCUT2D eigenvalue weighted by Gasteiger charge is 2.24. The van der Waals surface area contributed by atoms with Gasteiger partial charge in [0.1, 0.15) is 6.54 Å². The molecule has 0 bridgehead atoms. The second-order valence-electron chi connectivity index (χ2n) is 5.65. The van der Waals surface area contributed by atoms with E-state index in [4.69, 9.17) is 5.11 Å². The average Bonchev–Trinajstić information content (AvgIpc) is 3.20. The van der Waals surface area contributed by atoms with E-state index in [1.807, 2.05) is 24.4 Å². The Hall–Kier alpha value is -2.74. The van der Waals surface area contributed by atoms with Gasteiger partial charge >= 0.3 is 5.97 Å². The molecule has 0 unspecified atom stereocenters. The Bertz CT molecular complexity index is 947. The number of carbonyl (C=O) groups is 2. The number of likely N-dealkylation sites (N-methyl/N-ethyl adjacent to an activating group) is 1. The number of hydrogen-bond acceptors (Lipinski definition) is 5. The number of thiophene rings is 1. The second kappa shape index (κ2) is 6.64. The van der Waals surface area contributed by atoms with Gasteiger partial charge in [0, 0.05) is 13.6 Å². The van der Waals surface area contributed by atoms with Crippen LogP contribution in [-0.2, 0) is 11.8 Å². The van der Waals surface area contributed by atoms with Crippen molar-refractivity contribution in [1.82, 2.24) is 19.7 Å². The van der Waals surface area contributed by atoms with Crippen molar-refractivity contribution in [3.05, 3.63) is 34.8 Å². The van der Waals surface area contributed by atoms with Crippen molar-refractivity contribution in [3.63, 3.8) is 0 Å². The van der Waals surface area contributed by atoms with Gasteiger partial charge in [0.2, 0.25) is 0 Å². The van der Waals surface area contributed by atoms with Gasteiger partial charge in [-0.3, -0.25) is 14.3 Å². The van der Waals surface area contributed by atoms with Gasteiger partial charge in [0.05, 0.1) is 27.2 Å². The van der Waals surface area contributed by atoms with Gasteiger partial charge in [-0.1, -0.05) is 6.07 Å². The summed E-state index contributed by atoms with van der Waals surface area (Å²) in [7, 11) is 1.78. The average molecular weight is 358 g/mol. The lowest BCUT2D eigenvalue weighted by atomic mass is 10.1. The number of carbonyl (C=O) groups excluding carboxylic acids is 1. The Labute approximate surface area is 148 Å². The van der Waals surface area contributed by atoms with E-state index in [1.165, 1.54) is 16.2 Å². The van der Waals surface area contributed by atoms with E-state index in [2.05, 4.69) is 10.1 Å². The molecule has 3 heterocycles. The molecular formula is C17H18N4O3S. The highest BCUT2D eigenvalue weighted by atomic mass is 32.1. The summed E-state index contributed by atoms with van der Waals surface area (Å²) in [5.74, 6) is -1.37. The molecule has 3 aromatic heterocycles. The number of nitrogens with zero attached hydrogens (tertiary/aromatic N) is 4. The van der Waals surface area contributed by atoms with Crippen LogP contribution >= 0.6 is 11.3 Å². The lowest BCUT2D eigenvalue weighted by Crippen LogP contribution is -2.35. The summed E-state index contributed by atoms with van der Waals surface area (Å²) in [6, 6.07) is 5.59. The first kappa shape index (κ1) is 17.1. The smallest absolute Gasteiger partial charge is 0.323 e. The van der Waals surface area contributed by atoms with Crippen LogP contribution in [0.5, 0.6) is 0 Å². The molecule has 3 rings (SSSR count). The standard InChI is InChI=1S/C17H18N4O3S/c1-4-21(9-14(22)23)17(24)11-8-12(13-6-5-7-25-13)18-16-15(11)10(2)19-20(16)3/h5-8H,4,9H2,1-3H3,(H,22,23). The Balaban J connectivity index is 2.21. The molecule has 0 aliphatic heterocycles. The first-order valence-corrected chi connectivity index (χ1v) is 8.69. The summed E-state index contributed by atoms with van der Waals surface area (Å²) in [6.07, 6.45) is 0. The van der Waals surface area contributed by atoms with Gasteiger partial charge in [-0.05, 0) is 31.4 Å². The predicted octanol–water partition coefficient (Wildman–Crippen LogP) is 2.55. The molecule has 1 amide bonds. The van der Waals surface area contributed by atoms with E-state index in [0.29, 0.717) is 34.5 Å². The number of hydrogen-bond donors (Lipinski definition) is 1. The Morgan fingerprint density at radius 1 is 1.40 bits per heavy atom. The number of aliphatic carboxylic acids is 1. The zero-order valence-electron chi connectivity index (χ0n) is 14.2. The molecule has 0 saturated heterocycles. The van der Waals surface area contributed by atoms with Crippen molar-refractivity contribution in [2.75, 3.05) is 13.1 Å². The normalized spacial score (nSPS) is 11.0. The molecule has 7 nitrogen and oxygen atoms in total. The topological polar surface area (TPSA) is 88.3 Å². The van der Waals surface area contributed by atoms with Crippen molar-refractivity contribution in [2.45, 2.75) is 13.8 Å². The maximum atomic E-state index is 13.0. The molecule has 0 radical (unpaired) electrons. The molecule has 3 aromatic rings. The highest BCUT2D eigenvalue weighted by Crippen LogP contribution is 2.29. The fourth-order valence-electron chi connectivity index (χ4n) is 2.82. The Morgan fingerprint density at radius 3 is 2.76 bits per heavy atom. The highest BCUT2D eigenvalue weighted by molar-refractivity contribution is 7.13. The Kier molecular flexibility index (Phi) is 4.54. The molecule has 0 aliphatic rings. The van der Waals surface area contributed by atoms with Crippen LogP contribution in [0.2, 0.25) is 0 Å². The first-order chi connectivity index (χ1) is 11.9. The zero-order chi connectivity index (χ0) is 18.1. The summed E-state index contributed by atoms with van der Waals surface area (Å²) in [5, 5.41) is 16.0. The van der Waals surface area contributed by atoms with Crippen molar-refractivity contribution >= 4 is 34.2 Å². The van der Waals surface area contributed by atoms with Crippen LogP contribution < -0.4 is 0 Å². The monoisotopic (exact) mass is 358 g/mol. The number of fused-ring (bicyclic) bond motifs is 1. The number of carboxylic acid groups (broad SMARTS) is 1. The molecule has 0 aliphatic carbocycles. The minimum Gasteiger partial charge on any atom is -0.480 e. The third kappa shape index (κ3) is 3.12. The van der Waals surface area contributed by atoms with Crippen molar-refractivity contribution in [1.29, 1.82) is 0 Å². The number of pyridine rings is 1. The molecule has 25 heavy (non-hydrogen) atoms.